The fourth-order valence-electron chi connectivity index (χ4n) is 7.38. The van der Waals surface area contributed by atoms with Crippen LogP contribution in [-0.2, 0) is 19.2 Å². The lowest BCUT2D eigenvalue weighted by atomic mass is 9.56. The lowest BCUT2D eigenvalue weighted by Gasteiger charge is -2.51. The Labute approximate surface area is 279 Å². The van der Waals surface area contributed by atoms with Crippen LogP contribution in [0.5, 0.6) is 11.5 Å². The van der Waals surface area contributed by atoms with E-state index in [2.05, 4.69) is 31.9 Å². The Bertz CT molecular complexity index is 1700. The average Bonchev–Trinajstić information content (AvgIpc) is 3.31. The molecule has 2 aliphatic carbocycles. The Morgan fingerprint density at radius 2 is 1.64 bits per heavy atom. The Balaban J connectivity index is 1.61. The quantitative estimate of drug-likeness (QED) is 0.219. The minimum Gasteiger partial charge on any atom is -0.503 e. The highest BCUT2D eigenvalue weighted by Gasteiger charge is 2.77. The Morgan fingerprint density at radius 3 is 2.23 bits per heavy atom. The van der Waals surface area contributed by atoms with Crippen molar-refractivity contribution in [3.63, 3.8) is 0 Å². The van der Waals surface area contributed by atoms with Gasteiger partial charge in [0, 0.05) is 15.9 Å². The smallest absolute Gasteiger partial charge is 0.258 e. The number of benzene rings is 2. The van der Waals surface area contributed by atoms with Gasteiger partial charge in [-0.2, -0.15) is 0 Å². The molecule has 2 aromatic rings. The summed E-state index contributed by atoms with van der Waals surface area (Å²) in [5, 5.41) is 10.7. The van der Waals surface area contributed by atoms with Gasteiger partial charge in [0.25, 0.3) is 11.8 Å². The molecule has 232 valence electrons. The second kappa shape index (κ2) is 10.3. The van der Waals surface area contributed by atoms with Gasteiger partial charge < -0.3 is 9.84 Å². The molecular weight excluding hydrogens is 746 g/mol. The van der Waals surface area contributed by atoms with E-state index in [0.29, 0.717) is 15.6 Å². The molecule has 2 aliphatic heterocycles. The van der Waals surface area contributed by atoms with Crippen molar-refractivity contribution < 1.29 is 33.4 Å². The number of alkyl halides is 2. The second-order valence-electron chi connectivity index (χ2n) is 12.6. The van der Waals surface area contributed by atoms with E-state index < -0.39 is 56.6 Å². The number of nitrogens with zero attached hydrogens (tertiary/aromatic N) is 2. The largest absolute Gasteiger partial charge is 0.503 e. The number of anilines is 1. The van der Waals surface area contributed by atoms with E-state index in [-0.39, 0.29) is 46.3 Å². The van der Waals surface area contributed by atoms with Crippen LogP contribution in [0.3, 0.4) is 0 Å². The van der Waals surface area contributed by atoms with Crippen LogP contribution in [0.25, 0.3) is 0 Å². The molecule has 6 unspecified atom stereocenters. The van der Waals surface area contributed by atoms with Gasteiger partial charge in [-0.05, 0) is 107 Å². The molecular formula is C31H27Br2Cl2FN2O6. The zero-order chi connectivity index (χ0) is 32.3. The highest BCUT2D eigenvalue weighted by Crippen LogP contribution is 2.67. The van der Waals surface area contributed by atoms with Crippen molar-refractivity contribution in [2.24, 2.45) is 17.8 Å². The molecule has 0 bridgehead atoms. The summed E-state index contributed by atoms with van der Waals surface area (Å²) in [4.78, 5) is 54.4. The molecule has 1 saturated carbocycles. The van der Waals surface area contributed by atoms with Gasteiger partial charge in [-0.3, -0.25) is 24.1 Å². The second-order valence-corrected chi connectivity index (χ2v) is 15.4. The monoisotopic (exact) mass is 770 g/mol. The van der Waals surface area contributed by atoms with Crippen LogP contribution in [0, 0.1) is 23.6 Å². The highest BCUT2D eigenvalue weighted by atomic mass is 79.9. The molecule has 44 heavy (non-hydrogen) atoms. The number of allylic oxidation sites excluding steroid dienone is 2. The van der Waals surface area contributed by atoms with Gasteiger partial charge in [-0.15, -0.1) is 23.2 Å². The fourth-order valence-corrected chi connectivity index (χ4v) is 9.27. The highest BCUT2D eigenvalue weighted by molar-refractivity contribution is 9.13. The number of carbonyl (C=O) groups is 4. The molecule has 2 saturated heterocycles. The number of aromatic hydroxyl groups is 1. The summed E-state index contributed by atoms with van der Waals surface area (Å²) in [6.07, 6.45) is 1.84. The molecule has 0 spiro atoms. The lowest BCUT2D eigenvalue weighted by molar-refractivity contribution is -0.145. The number of phenolic OH excluding ortho intramolecular Hbond substituents is 1. The van der Waals surface area contributed by atoms with Crippen molar-refractivity contribution in [1.82, 2.24) is 4.90 Å². The molecule has 4 aliphatic rings. The van der Waals surface area contributed by atoms with E-state index in [9.17, 15) is 28.7 Å². The van der Waals surface area contributed by atoms with Crippen LogP contribution in [0.2, 0.25) is 0 Å². The predicted molar refractivity (Wildman–Crippen MR) is 168 cm³/mol. The summed E-state index contributed by atoms with van der Waals surface area (Å²) in [5.41, 5.74) is 0.245. The number of amides is 4. The first kappa shape index (κ1) is 31.5. The maximum absolute atomic E-state index is 14.5. The molecule has 6 atom stereocenters. The number of halogens is 5. The fraction of sp³-hybridized carbons (Fsp3) is 0.419. The standard InChI is InChI=1S/C31H27Br2Cl2FN2O6/c1-29(2,3)38-25(40)16-10-9-15-18(20(16)26(38)41)12-30(34)27(42)37(14-7-5-13(36)6-8-14)28(43)31(30,35)21(15)17-11-19(44-4)24(39)23(33)22(17)32/h5-9,11,16,18,20-21,39H,10,12H2,1-4H3. The minimum absolute atomic E-state index is 0.0603. The Hall–Kier alpha value is -2.47. The first-order chi connectivity index (χ1) is 20.5. The number of carbonyl (C=O) groups excluding carboxylic acids is 4. The first-order valence-electron chi connectivity index (χ1n) is 13.9. The third-order valence-electron chi connectivity index (χ3n) is 9.27. The van der Waals surface area contributed by atoms with Gasteiger partial charge in [-0.25, -0.2) is 9.29 Å². The number of phenols is 1. The third kappa shape index (κ3) is 4.04. The molecule has 2 heterocycles. The molecule has 0 aromatic heterocycles. The van der Waals surface area contributed by atoms with E-state index in [4.69, 9.17) is 27.9 Å². The summed E-state index contributed by atoms with van der Waals surface area (Å²) < 4.78 is 19.8. The SMILES string of the molecule is COc1cc(C2C3=CCC4C(=O)N(C(C)(C)C)C(=O)C4C3CC3(Cl)C(=O)N(c4ccc(F)cc4)C(=O)C23Cl)c(Br)c(Br)c1O. The summed E-state index contributed by atoms with van der Waals surface area (Å²) in [6.45, 7) is 5.34. The molecule has 8 nitrogen and oxygen atoms in total. The Morgan fingerprint density at radius 1 is 1.00 bits per heavy atom. The van der Waals surface area contributed by atoms with Crippen LogP contribution < -0.4 is 9.64 Å². The number of hydrogen-bond donors (Lipinski definition) is 1. The van der Waals surface area contributed by atoms with Crippen molar-refractivity contribution in [2.45, 2.75) is 54.8 Å². The summed E-state index contributed by atoms with van der Waals surface area (Å²) in [6, 6.07) is 6.32. The number of imide groups is 2. The number of rotatable bonds is 3. The van der Waals surface area contributed by atoms with Gasteiger partial charge in [0.05, 0.1) is 29.1 Å². The third-order valence-corrected chi connectivity index (χ3v) is 12.8. The predicted octanol–water partition coefficient (Wildman–Crippen LogP) is 6.43. The van der Waals surface area contributed by atoms with E-state index in [1.54, 1.807) is 20.8 Å². The number of methoxy groups -OCH3 is 1. The number of fused-ring (bicyclic) bond motifs is 4. The molecule has 4 amide bonds. The van der Waals surface area contributed by atoms with Crippen molar-refractivity contribution in [1.29, 1.82) is 0 Å². The van der Waals surface area contributed by atoms with E-state index in [1.807, 2.05) is 6.08 Å². The van der Waals surface area contributed by atoms with Gasteiger partial charge in [0.1, 0.15) is 5.82 Å². The maximum Gasteiger partial charge on any atom is 0.258 e. The van der Waals surface area contributed by atoms with E-state index in [0.717, 1.165) is 17.0 Å². The van der Waals surface area contributed by atoms with E-state index >= 15 is 0 Å². The van der Waals surface area contributed by atoms with Crippen LogP contribution in [-0.4, -0.2) is 56.0 Å². The van der Waals surface area contributed by atoms with Crippen LogP contribution in [0.1, 0.15) is 45.1 Å². The van der Waals surface area contributed by atoms with E-state index in [1.165, 1.54) is 30.2 Å². The lowest BCUT2D eigenvalue weighted by Crippen LogP contribution is -2.60. The number of hydrogen-bond acceptors (Lipinski definition) is 6. The maximum atomic E-state index is 14.5. The van der Waals surface area contributed by atoms with Crippen molar-refractivity contribution >= 4 is 84.4 Å². The van der Waals surface area contributed by atoms with Gasteiger partial charge >= 0.3 is 0 Å². The van der Waals surface area contributed by atoms with Crippen molar-refractivity contribution in [3.8, 4) is 11.5 Å². The number of ether oxygens (including phenoxy) is 1. The average molecular weight is 773 g/mol. The summed E-state index contributed by atoms with van der Waals surface area (Å²) in [7, 11) is 1.36. The molecule has 0 radical (unpaired) electrons. The van der Waals surface area contributed by atoms with Crippen LogP contribution >= 0.6 is 55.1 Å². The van der Waals surface area contributed by atoms with Gasteiger partial charge in [0.15, 0.2) is 21.2 Å². The molecule has 13 heteroatoms. The van der Waals surface area contributed by atoms with Crippen LogP contribution in [0.4, 0.5) is 10.1 Å². The minimum atomic E-state index is -2.13. The topological polar surface area (TPSA) is 104 Å². The van der Waals surface area contributed by atoms with Crippen molar-refractivity contribution in [2.75, 3.05) is 12.0 Å². The molecule has 3 fully saturated rings. The van der Waals surface area contributed by atoms with Gasteiger partial charge in [0.2, 0.25) is 11.8 Å². The van der Waals surface area contributed by atoms with Crippen molar-refractivity contribution in [3.05, 3.63) is 62.3 Å². The zero-order valence-electron chi connectivity index (χ0n) is 24.0. The first-order valence-corrected chi connectivity index (χ1v) is 16.2. The van der Waals surface area contributed by atoms with Gasteiger partial charge in [-0.1, -0.05) is 11.6 Å². The molecule has 1 N–H and O–H groups in total. The summed E-state index contributed by atoms with van der Waals surface area (Å²) >= 11 is 21.7. The zero-order valence-corrected chi connectivity index (χ0v) is 28.6. The normalized spacial score (nSPS) is 31.6. The molecule has 6 rings (SSSR count). The summed E-state index contributed by atoms with van der Waals surface area (Å²) in [5.74, 6) is -6.41. The molecule has 2 aromatic carbocycles. The Kier molecular flexibility index (Phi) is 7.35. The number of likely N-dealkylation sites (tertiary alicyclic amines) is 1. The van der Waals surface area contributed by atoms with Crippen LogP contribution in [0.15, 0.2) is 50.9 Å².